The Morgan fingerprint density at radius 2 is 2.25 bits per heavy atom. The van der Waals surface area contributed by atoms with Crippen LogP contribution in [0.15, 0.2) is 0 Å². The third-order valence-corrected chi connectivity index (χ3v) is 2.31. The Balaban J connectivity index is 2.03. The molecular weight excluding hydrogens is 152 g/mol. The Labute approximate surface area is 73.5 Å². The summed E-state index contributed by atoms with van der Waals surface area (Å²) in [4.78, 5) is 0. The molecule has 0 atom stereocenters. The summed E-state index contributed by atoms with van der Waals surface area (Å²) < 4.78 is 5.42. The van der Waals surface area contributed by atoms with E-state index in [0.29, 0.717) is 13.0 Å². The van der Waals surface area contributed by atoms with Crippen LogP contribution in [0.5, 0.6) is 0 Å². The smallest absolute Gasteiger partial charge is 0.0628 e. The van der Waals surface area contributed by atoms with Gasteiger partial charge in [0.2, 0.25) is 0 Å². The van der Waals surface area contributed by atoms with E-state index in [1.807, 2.05) is 0 Å². The summed E-state index contributed by atoms with van der Waals surface area (Å²) in [5.74, 6) is 0. The molecule has 0 aromatic heterocycles. The average Bonchev–Trinajstić information content (AvgIpc) is 2.81. The lowest BCUT2D eigenvalue weighted by molar-refractivity contribution is 0.0910. The number of nitriles is 1. The standard InChI is InChI=1S/C9H16N2O/c10-5-1-7-12-8-9(2-3-9)4-6-11/h1-5,7-8,10H2. The van der Waals surface area contributed by atoms with Crippen LogP contribution in [0, 0.1) is 16.7 Å². The minimum atomic E-state index is 0.226. The van der Waals surface area contributed by atoms with E-state index in [0.717, 1.165) is 32.5 Å². The maximum atomic E-state index is 8.52. The van der Waals surface area contributed by atoms with Crippen molar-refractivity contribution in [2.24, 2.45) is 11.1 Å². The zero-order valence-corrected chi connectivity index (χ0v) is 7.38. The molecule has 3 heteroatoms. The summed E-state index contributed by atoms with van der Waals surface area (Å²) in [5.41, 5.74) is 5.55. The highest BCUT2D eigenvalue weighted by Gasteiger charge is 2.42. The minimum Gasteiger partial charge on any atom is -0.381 e. The predicted molar refractivity (Wildman–Crippen MR) is 46.4 cm³/mol. The number of ether oxygens (including phenoxy) is 1. The van der Waals surface area contributed by atoms with Crippen molar-refractivity contribution in [3.63, 3.8) is 0 Å². The van der Waals surface area contributed by atoms with E-state index < -0.39 is 0 Å². The quantitative estimate of drug-likeness (QED) is 0.603. The number of hydrogen-bond acceptors (Lipinski definition) is 3. The van der Waals surface area contributed by atoms with Crippen LogP contribution in [0.2, 0.25) is 0 Å². The first-order valence-corrected chi connectivity index (χ1v) is 4.48. The first-order valence-electron chi connectivity index (χ1n) is 4.48. The van der Waals surface area contributed by atoms with Crippen molar-refractivity contribution >= 4 is 0 Å². The molecule has 1 aliphatic carbocycles. The van der Waals surface area contributed by atoms with Crippen molar-refractivity contribution < 1.29 is 4.74 Å². The number of rotatable bonds is 6. The van der Waals surface area contributed by atoms with Gasteiger partial charge in [0, 0.05) is 18.4 Å². The molecule has 0 aromatic rings. The molecule has 0 aliphatic heterocycles. The maximum Gasteiger partial charge on any atom is 0.0628 e. The molecule has 1 fully saturated rings. The molecule has 3 nitrogen and oxygen atoms in total. The summed E-state index contributed by atoms with van der Waals surface area (Å²) in [5, 5.41) is 8.52. The van der Waals surface area contributed by atoms with Crippen LogP contribution >= 0.6 is 0 Å². The van der Waals surface area contributed by atoms with Gasteiger partial charge >= 0.3 is 0 Å². The summed E-state index contributed by atoms with van der Waals surface area (Å²) in [6, 6.07) is 2.21. The van der Waals surface area contributed by atoms with E-state index in [9.17, 15) is 0 Å². The molecule has 1 saturated carbocycles. The number of nitrogens with zero attached hydrogens (tertiary/aromatic N) is 1. The molecule has 1 aliphatic rings. The largest absolute Gasteiger partial charge is 0.381 e. The van der Waals surface area contributed by atoms with Gasteiger partial charge in [-0.15, -0.1) is 0 Å². The highest BCUT2D eigenvalue weighted by atomic mass is 16.5. The summed E-state index contributed by atoms with van der Waals surface area (Å²) in [6.07, 6.45) is 3.88. The molecule has 0 heterocycles. The molecule has 2 N–H and O–H groups in total. The van der Waals surface area contributed by atoms with Crippen molar-refractivity contribution in [3.8, 4) is 6.07 Å². The van der Waals surface area contributed by atoms with Crippen LogP contribution in [0.1, 0.15) is 25.7 Å². The third kappa shape index (κ3) is 2.80. The van der Waals surface area contributed by atoms with Gasteiger partial charge in [0.25, 0.3) is 0 Å². The molecule has 68 valence electrons. The van der Waals surface area contributed by atoms with E-state index in [1.165, 1.54) is 0 Å². The van der Waals surface area contributed by atoms with Crippen molar-refractivity contribution in [3.05, 3.63) is 0 Å². The Morgan fingerprint density at radius 1 is 1.50 bits per heavy atom. The molecule has 0 saturated heterocycles. The molecular formula is C9H16N2O. The monoisotopic (exact) mass is 168 g/mol. The van der Waals surface area contributed by atoms with E-state index in [4.69, 9.17) is 15.7 Å². The molecule has 0 radical (unpaired) electrons. The Morgan fingerprint density at radius 3 is 2.75 bits per heavy atom. The molecule has 12 heavy (non-hydrogen) atoms. The highest BCUT2D eigenvalue weighted by Crippen LogP contribution is 2.48. The van der Waals surface area contributed by atoms with E-state index in [-0.39, 0.29) is 5.41 Å². The number of hydrogen-bond donors (Lipinski definition) is 1. The third-order valence-electron chi connectivity index (χ3n) is 2.31. The summed E-state index contributed by atoms with van der Waals surface area (Å²) in [7, 11) is 0. The van der Waals surface area contributed by atoms with Gasteiger partial charge in [0.1, 0.15) is 0 Å². The second-order valence-corrected chi connectivity index (χ2v) is 3.53. The molecule has 0 amide bonds. The van der Waals surface area contributed by atoms with Crippen LogP contribution in [-0.2, 0) is 4.74 Å². The lowest BCUT2D eigenvalue weighted by Gasteiger charge is -2.10. The van der Waals surface area contributed by atoms with Gasteiger partial charge in [-0.1, -0.05) is 0 Å². The van der Waals surface area contributed by atoms with Crippen LogP contribution in [0.3, 0.4) is 0 Å². The SMILES string of the molecule is N#CCC1(COCCCN)CC1. The van der Waals surface area contributed by atoms with E-state index >= 15 is 0 Å². The van der Waals surface area contributed by atoms with Crippen molar-refractivity contribution in [1.82, 2.24) is 0 Å². The van der Waals surface area contributed by atoms with Gasteiger partial charge in [0.15, 0.2) is 0 Å². The molecule has 0 unspecified atom stereocenters. The van der Waals surface area contributed by atoms with E-state index in [2.05, 4.69) is 6.07 Å². The Bertz CT molecular complexity index is 170. The molecule has 0 aromatic carbocycles. The molecule has 0 spiro atoms. The first kappa shape index (κ1) is 9.50. The lowest BCUT2D eigenvalue weighted by Crippen LogP contribution is -2.12. The molecule has 0 bridgehead atoms. The second-order valence-electron chi connectivity index (χ2n) is 3.53. The highest BCUT2D eigenvalue weighted by molar-refractivity contribution is 4.99. The van der Waals surface area contributed by atoms with Gasteiger partial charge in [-0.25, -0.2) is 0 Å². The van der Waals surface area contributed by atoms with Gasteiger partial charge in [0.05, 0.1) is 12.7 Å². The van der Waals surface area contributed by atoms with Crippen LogP contribution in [0.25, 0.3) is 0 Å². The maximum absolute atomic E-state index is 8.52. The number of nitrogens with two attached hydrogens (primary N) is 1. The molecule has 1 rings (SSSR count). The van der Waals surface area contributed by atoms with Crippen LogP contribution in [-0.4, -0.2) is 19.8 Å². The van der Waals surface area contributed by atoms with E-state index in [1.54, 1.807) is 0 Å². The van der Waals surface area contributed by atoms with Crippen molar-refractivity contribution in [2.75, 3.05) is 19.8 Å². The zero-order chi connectivity index (χ0) is 8.86. The Hall–Kier alpha value is -0.590. The lowest BCUT2D eigenvalue weighted by atomic mass is 10.1. The van der Waals surface area contributed by atoms with Crippen LogP contribution in [0.4, 0.5) is 0 Å². The summed E-state index contributed by atoms with van der Waals surface area (Å²) in [6.45, 7) is 2.18. The second kappa shape index (κ2) is 4.44. The first-order chi connectivity index (χ1) is 5.83. The van der Waals surface area contributed by atoms with Gasteiger partial charge in [-0.05, 0) is 25.8 Å². The normalized spacial score (nSPS) is 18.7. The van der Waals surface area contributed by atoms with Gasteiger partial charge in [-0.2, -0.15) is 5.26 Å². The summed E-state index contributed by atoms with van der Waals surface area (Å²) >= 11 is 0. The average molecular weight is 168 g/mol. The van der Waals surface area contributed by atoms with Crippen LogP contribution < -0.4 is 5.73 Å². The fourth-order valence-electron chi connectivity index (χ4n) is 1.19. The zero-order valence-electron chi connectivity index (χ0n) is 7.38. The topological polar surface area (TPSA) is 59.0 Å². The fraction of sp³-hybridized carbons (Fsp3) is 0.889. The van der Waals surface area contributed by atoms with Crippen molar-refractivity contribution in [2.45, 2.75) is 25.7 Å². The fourth-order valence-corrected chi connectivity index (χ4v) is 1.19. The minimum absolute atomic E-state index is 0.226. The predicted octanol–water partition coefficient (Wildman–Crippen LogP) is 1.05. The van der Waals surface area contributed by atoms with Gasteiger partial charge < -0.3 is 10.5 Å². The van der Waals surface area contributed by atoms with Crippen molar-refractivity contribution in [1.29, 1.82) is 5.26 Å². The Kier molecular flexibility index (Phi) is 3.51. The van der Waals surface area contributed by atoms with Gasteiger partial charge in [-0.3, -0.25) is 0 Å².